The van der Waals surface area contributed by atoms with Crippen LogP contribution in [0.25, 0.3) is 0 Å². The number of carbonyl (C=O) groups is 1. The van der Waals surface area contributed by atoms with E-state index in [4.69, 9.17) is 23.2 Å². The van der Waals surface area contributed by atoms with Crippen LogP contribution < -0.4 is 0 Å². The minimum absolute atomic E-state index is 0.0392. The van der Waals surface area contributed by atoms with Crippen LogP contribution in [0, 0.1) is 0 Å². The standard InChI is InChI=1S/C20H27Cl2N3O3S/c21-17-6-3-7-18(20(17)22)29(27,28)24-12-10-23(11-13-24)14-19(26)25(16-8-9-16)15-4-1-2-5-15/h3,6-7,15-16H,1-2,4-5,8-14H2. The van der Waals surface area contributed by atoms with Crippen molar-refractivity contribution in [3.8, 4) is 0 Å². The lowest BCUT2D eigenvalue weighted by Crippen LogP contribution is -2.52. The summed E-state index contributed by atoms with van der Waals surface area (Å²) in [5.41, 5.74) is 0. The summed E-state index contributed by atoms with van der Waals surface area (Å²) in [5, 5.41) is 0.285. The Hall–Kier alpha value is -0.860. The van der Waals surface area contributed by atoms with E-state index in [-0.39, 0.29) is 20.8 Å². The Kier molecular flexibility index (Phi) is 6.42. The highest BCUT2D eigenvalue weighted by molar-refractivity contribution is 7.89. The molecule has 0 bridgehead atoms. The first-order chi connectivity index (χ1) is 13.9. The average Bonchev–Trinajstić information content (AvgIpc) is 3.37. The zero-order valence-corrected chi connectivity index (χ0v) is 18.7. The van der Waals surface area contributed by atoms with E-state index in [1.165, 1.54) is 23.2 Å². The molecule has 1 aromatic rings. The Morgan fingerprint density at radius 2 is 1.62 bits per heavy atom. The number of carbonyl (C=O) groups excluding carboxylic acids is 1. The maximum atomic E-state index is 13.0. The van der Waals surface area contributed by atoms with Gasteiger partial charge in [0.15, 0.2) is 0 Å². The third kappa shape index (κ3) is 4.59. The molecule has 0 N–H and O–H groups in total. The quantitative estimate of drug-likeness (QED) is 0.654. The first-order valence-electron chi connectivity index (χ1n) is 10.4. The monoisotopic (exact) mass is 459 g/mol. The van der Waals surface area contributed by atoms with Gasteiger partial charge in [-0.05, 0) is 37.8 Å². The van der Waals surface area contributed by atoms with Gasteiger partial charge in [0.1, 0.15) is 4.90 Å². The summed E-state index contributed by atoms with van der Waals surface area (Å²) in [6.07, 6.45) is 6.90. The lowest BCUT2D eigenvalue weighted by atomic mass is 10.2. The van der Waals surface area contributed by atoms with Gasteiger partial charge in [-0.25, -0.2) is 8.42 Å². The van der Waals surface area contributed by atoms with Gasteiger partial charge in [0.25, 0.3) is 0 Å². The molecule has 1 heterocycles. The second kappa shape index (κ2) is 8.71. The first kappa shape index (κ1) is 21.4. The minimum Gasteiger partial charge on any atom is -0.336 e. The third-order valence-electron chi connectivity index (χ3n) is 6.17. The molecule has 0 unspecified atom stereocenters. The second-order valence-corrected chi connectivity index (χ2v) is 10.9. The maximum Gasteiger partial charge on any atom is 0.244 e. The fourth-order valence-electron chi connectivity index (χ4n) is 4.46. The summed E-state index contributed by atoms with van der Waals surface area (Å²) in [6, 6.07) is 5.47. The highest BCUT2D eigenvalue weighted by Crippen LogP contribution is 2.35. The van der Waals surface area contributed by atoms with Crippen molar-refractivity contribution >= 4 is 39.1 Å². The van der Waals surface area contributed by atoms with E-state index in [0.717, 1.165) is 25.7 Å². The molecule has 1 aliphatic heterocycles. The fraction of sp³-hybridized carbons (Fsp3) is 0.650. The van der Waals surface area contributed by atoms with Crippen molar-refractivity contribution in [3.63, 3.8) is 0 Å². The number of hydrogen-bond donors (Lipinski definition) is 0. The molecule has 2 saturated carbocycles. The van der Waals surface area contributed by atoms with Gasteiger partial charge in [0, 0.05) is 38.3 Å². The predicted octanol–water partition coefficient (Wildman–Crippen LogP) is 3.23. The molecule has 1 saturated heterocycles. The van der Waals surface area contributed by atoms with Crippen molar-refractivity contribution in [2.45, 2.75) is 55.5 Å². The van der Waals surface area contributed by atoms with E-state index in [0.29, 0.717) is 44.8 Å². The number of rotatable bonds is 6. The van der Waals surface area contributed by atoms with Crippen molar-refractivity contribution in [3.05, 3.63) is 28.2 Å². The van der Waals surface area contributed by atoms with Crippen LogP contribution in [0.3, 0.4) is 0 Å². The van der Waals surface area contributed by atoms with E-state index in [1.54, 1.807) is 12.1 Å². The van der Waals surface area contributed by atoms with Gasteiger partial charge in [0.05, 0.1) is 16.6 Å². The molecule has 3 aliphatic rings. The van der Waals surface area contributed by atoms with Crippen molar-refractivity contribution in [2.24, 2.45) is 0 Å². The third-order valence-corrected chi connectivity index (χ3v) is 9.04. The molecule has 0 spiro atoms. The lowest BCUT2D eigenvalue weighted by Gasteiger charge is -2.36. The van der Waals surface area contributed by atoms with Crippen LogP contribution in [0.15, 0.2) is 23.1 Å². The number of hydrogen-bond acceptors (Lipinski definition) is 4. The summed E-state index contributed by atoms with van der Waals surface area (Å²) in [6.45, 7) is 2.12. The molecular weight excluding hydrogens is 433 g/mol. The van der Waals surface area contributed by atoms with Gasteiger partial charge in [-0.1, -0.05) is 42.1 Å². The van der Waals surface area contributed by atoms with E-state index < -0.39 is 10.0 Å². The lowest BCUT2D eigenvalue weighted by molar-refractivity contribution is -0.135. The van der Waals surface area contributed by atoms with Gasteiger partial charge in [-0.15, -0.1) is 0 Å². The molecule has 0 aromatic heterocycles. The van der Waals surface area contributed by atoms with Gasteiger partial charge >= 0.3 is 0 Å². The van der Waals surface area contributed by atoms with Gasteiger partial charge in [-0.2, -0.15) is 4.31 Å². The summed E-state index contributed by atoms with van der Waals surface area (Å²) in [7, 11) is -3.71. The van der Waals surface area contributed by atoms with E-state index in [1.807, 2.05) is 0 Å². The number of nitrogens with zero attached hydrogens (tertiary/aromatic N) is 3. The molecule has 1 aromatic carbocycles. The number of sulfonamides is 1. The molecule has 3 fully saturated rings. The zero-order valence-electron chi connectivity index (χ0n) is 16.4. The van der Waals surface area contributed by atoms with Crippen LogP contribution in [0.5, 0.6) is 0 Å². The number of benzene rings is 1. The SMILES string of the molecule is O=C(CN1CCN(S(=O)(=O)c2cccc(Cl)c2Cl)CC1)N(C1CCCC1)C1CC1. The van der Waals surface area contributed by atoms with E-state index in [2.05, 4.69) is 9.80 Å². The Labute approximate surface area is 182 Å². The average molecular weight is 460 g/mol. The summed E-state index contributed by atoms with van der Waals surface area (Å²) in [5.74, 6) is 0.202. The maximum absolute atomic E-state index is 13.0. The highest BCUT2D eigenvalue weighted by atomic mass is 35.5. The Morgan fingerprint density at radius 3 is 2.24 bits per heavy atom. The molecule has 0 atom stereocenters. The summed E-state index contributed by atoms with van der Waals surface area (Å²) < 4.78 is 27.3. The normalized spacial score (nSPS) is 22.1. The molecule has 9 heteroatoms. The van der Waals surface area contributed by atoms with Gasteiger partial charge in [-0.3, -0.25) is 9.69 Å². The number of amides is 1. The molecule has 2 aliphatic carbocycles. The Balaban J connectivity index is 1.36. The van der Waals surface area contributed by atoms with Gasteiger partial charge < -0.3 is 4.90 Å². The van der Waals surface area contributed by atoms with Crippen LogP contribution in [-0.2, 0) is 14.8 Å². The number of piperazine rings is 1. The van der Waals surface area contributed by atoms with Crippen molar-refractivity contribution in [2.75, 3.05) is 32.7 Å². The predicted molar refractivity (Wildman–Crippen MR) is 114 cm³/mol. The second-order valence-electron chi connectivity index (χ2n) is 8.20. The van der Waals surface area contributed by atoms with Crippen LogP contribution >= 0.6 is 23.2 Å². The fourth-order valence-corrected chi connectivity index (χ4v) is 6.62. The van der Waals surface area contributed by atoms with Crippen molar-refractivity contribution in [1.29, 1.82) is 0 Å². The van der Waals surface area contributed by atoms with E-state index >= 15 is 0 Å². The molecular formula is C20H27Cl2N3O3S. The Bertz CT molecular complexity index is 862. The van der Waals surface area contributed by atoms with E-state index in [9.17, 15) is 13.2 Å². The first-order valence-corrected chi connectivity index (χ1v) is 12.5. The molecule has 0 radical (unpaired) electrons. The van der Waals surface area contributed by atoms with Crippen LogP contribution in [-0.4, -0.2) is 73.2 Å². The molecule has 160 valence electrons. The highest BCUT2D eigenvalue weighted by Gasteiger charge is 2.39. The summed E-state index contributed by atoms with van der Waals surface area (Å²) >= 11 is 12.1. The van der Waals surface area contributed by atoms with Crippen LogP contribution in [0.4, 0.5) is 0 Å². The van der Waals surface area contributed by atoms with Crippen molar-refractivity contribution < 1.29 is 13.2 Å². The minimum atomic E-state index is -3.71. The number of halogens is 2. The Morgan fingerprint density at radius 1 is 1.00 bits per heavy atom. The smallest absolute Gasteiger partial charge is 0.244 e. The van der Waals surface area contributed by atoms with Crippen molar-refractivity contribution in [1.82, 2.24) is 14.1 Å². The zero-order chi connectivity index (χ0) is 20.6. The molecule has 29 heavy (non-hydrogen) atoms. The summed E-state index contributed by atoms with van der Waals surface area (Å²) in [4.78, 5) is 17.2. The topological polar surface area (TPSA) is 60.9 Å². The largest absolute Gasteiger partial charge is 0.336 e. The molecule has 4 rings (SSSR count). The molecule has 1 amide bonds. The van der Waals surface area contributed by atoms with Crippen LogP contribution in [0.1, 0.15) is 38.5 Å². The molecule has 6 nitrogen and oxygen atoms in total. The van der Waals surface area contributed by atoms with Crippen LogP contribution in [0.2, 0.25) is 10.0 Å². The van der Waals surface area contributed by atoms with Gasteiger partial charge in [0.2, 0.25) is 15.9 Å².